The van der Waals surface area contributed by atoms with Gasteiger partial charge in [-0.15, -0.1) is 0 Å². The Kier molecular flexibility index (Phi) is 6.07. The molecule has 0 bridgehead atoms. The standard InChI is InChI=1S/C20H27N5O4/c1-6-16-12(3)21-20(23-19(16)27)25-17(7-11(2)24-25)22-18(26)13-8-14(28-4)10-15(9-13)29-5/h7-10,12,16,20-21H,6H2,1-5H3,(H,22,26)(H,23,27). The van der Waals surface area contributed by atoms with Crippen molar-refractivity contribution in [1.82, 2.24) is 20.4 Å². The molecule has 3 atom stereocenters. The second-order valence-corrected chi connectivity index (χ2v) is 7.05. The van der Waals surface area contributed by atoms with E-state index in [0.29, 0.717) is 28.6 Å². The first kappa shape index (κ1) is 20.7. The van der Waals surface area contributed by atoms with Crippen molar-refractivity contribution in [3.8, 4) is 11.5 Å². The largest absolute Gasteiger partial charge is 0.497 e. The van der Waals surface area contributed by atoms with Gasteiger partial charge in [0.1, 0.15) is 17.3 Å². The van der Waals surface area contributed by atoms with Gasteiger partial charge in [-0.3, -0.25) is 14.9 Å². The van der Waals surface area contributed by atoms with Crippen LogP contribution in [0, 0.1) is 12.8 Å². The van der Waals surface area contributed by atoms with Crippen LogP contribution in [0.15, 0.2) is 24.3 Å². The van der Waals surface area contributed by atoms with Crippen molar-refractivity contribution >= 4 is 17.6 Å². The highest BCUT2D eigenvalue weighted by Crippen LogP contribution is 2.25. The fourth-order valence-electron chi connectivity index (χ4n) is 3.48. The fourth-order valence-corrected chi connectivity index (χ4v) is 3.48. The Hall–Kier alpha value is -3.07. The summed E-state index contributed by atoms with van der Waals surface area (Å²) < 4.78 is 12.0. The molecule has 1 aliphatic heterocycles. The maximum atomic E-state index is 12.9. The number of carbonyl (C=O) groups excluding carboxylic acids is 2. The summed E-state index contributed by atoms with van der Waals surface area (Å²) in [6, 6.07) is 6.67. The minimum atomic E-state index is -0.552. The van der Waals surface area contributed by atoms with E-state index in [1.165, 1.54) is 14.2 Å². The van der Waals surface area contributed by atoms with E-state index >= 15 is 0 Å². The number of hydrogen-bond acceptors (Lipinski definition) is 6. The number of benzene rings is 1. The van der Waals surface area contributed by atoms with Crippen molar-refractivity contribution in [2.24, 2.45) is 5.92 Å². The van der Waals surface area contributed by atoms with Crippen LogP contribution in [0.3, 0.4) is 0 Å². The molecule has 0 saturated carbocycles. The summed E-state index contributed by atoms with van der Waals surface area (Å²) >= 11 is 0. The van der Waals surface area contributed by atoms with Crippen LogP contribution < -0.4 is 25.4 Å². The van der Waals surface area contributed by atoms with Crippen molar-refractivity contribution in [3.63, 3.8) is 0 Å². The highest BCUT2D eigenvalue weighted by molar-refractivity contribution is 6.04. The molecule has 2 heterocycles. The van der Waals surface area contributed by atoms with Crippen LogP contribution in [0.5, 0.6) is 11.5 Å². The molecule has 156 valence electrons. The summed E-state index contributed by atoms with van der Waals surface area (Å²) in [5.41, 5.74) is 1.09. The van der Waals surface area contributed by atoms with Crippen LogP contribution in [0.4, 0.5) is 5.82 Å². The van der Waals surface area contributed by atoms with Crippen molar-refractivity contribution in [2.45, 2.75) is 39.5 Å². The molecule has 1 aromatic carbocycles. The maximum absolute atomic E-state index is 12.9. The lowest BCUT2D eigenvalue weighted by molar-refractivity contribution is -0.130. The topological polar surface area (TPSA) is 107 Å². The molecular weight excluding hydrogens is 374 g/mol. The predicted molar refractivity (Wildman–Crippen MR) is 108 cm³/mol. The van der Waals surface area contributed by atoms with Gasteiger partial charge >= 0.3 is 0 Å². The molecule has 1 aromatic heterocycles. The summed E-state index contributed by atoms with van der Waals surface area (Å²) in [5.74, 6) is 1.01. The number of amides is 2. The quantitative estimate of drug-likeness (QED) is 0.684. The van der Waals surface area contributed by atoms with Gasteiger partial charge in [-0.1, -0.05) is 6.92 Å². The number of nitrogens with zero attached hydrogens (tertiary/aromatic N) is 2. The van der Waals surface area contributed by atoms with E-state index < -0.39 is 6.29 Å². The smallest absolute Gasteiger partial charge is 0.257 e. The lowest BCUT2D eigenvalue weighted by Gasteiger charge is -2.35. The van der Waals surface area contributed by atoms with E-state index in [2.05, 4.69) is 21.0 Å². The lowest BCUT2D eigenvalue weighted by Crippen LogP contribution is -2.57. The monoisotopic (exact) mass is 401 g/mol. The van der Waals surface area contributed by atoms with Crippen molar-refractivity contribution in [3.05, 3.63) is 35.5 Å². The Morgan fingerprint density at radius 3 is 2.41 bits per heavy atom. The van der Waals surface area contributed by atoms with Crippen LogP contribution in [0.2, 0.25) is 0 Å². The van der Waals surface area contributed by atoms with Crippen LogP contribution in [0.25, 0.3) is 0 Å². The highest BCUT2D eigenvalue weighted by Gasteiger charge is 2.34. The van der Waals surface area contributed by atoms with Gasteiger partial charge in [0.25, 0.3) is 5.91 Å². The third-order valence-corrected chi connectivity index (χ3v) is 5.04. The average Bonchev–Trinajstić information content (AvgIpc) is 3.07. The molecule has 9 heteroatoms. The van der Waals surface area contributed by atoms with Gasteiger partial charge < -0.3 is 20.1 Å². The van der Waals surface area contributed by atoms with Crippen LogP contribution >= 0.6 is 0 Å². The second-order valence-electron chi connectivity index (χ2n) is 7.05. The van der Waals surface area contributed by atoms with Crippen LogP contribution in [-0.4, -0.2) is 41.9 Å². The number of methoxy groups -OCH3 is 2. The second kappa shape index (κ2) is 8.52. The molecule has 1 aliphatic rings. The van der Waals surface area contributed by atoms with Gasteiger partial charge in [-0.2, -0.15) is 5.10 Å². The molecule has 2 amide bonds. The van der Waals surface area contributed by atoms with E-state index in [9.17, 15) is 9.59 Å². The normalized spacial score (nSPS) is 21.4. The van der Waals surface area contributed by atoms with Gasteiger partial charge in [-0.25, -0.2) is 4.68 Å². The van der Waals surface area contributed by atoms with Gasteiger partial charge in [0.2, 0.25) is 5.91 Å². The number of rotatable bonds is 6. The molecule has 3 unspecified atom stereocenters. The minimum Gasteiger partial charge on any atom is -0.497 e. The Bertz CT molecular complexity index is 888. The van der Waals surface area contributed by atoms with E-state index in [4.69, 9.17) is 9.47 Å². The van der Waals surface area contributed by atoms with Crippen LogP contribution in [-0.2, 0) is 4.79 Å². The Morgan fingerprint density at radius 1 is 1.21 bits per heavy atom. The number of anilines is 1. The van der Waals surface area contributed by atoms with E-state index in [-0.39, 0.29) is 23.8 Å². The first-order chi connectivity index (χ1) is 13.9. The Morgan fingerprint density at radius 2 is 1.86 bits per heavy atom. The number of ether oxygens (including phenoxy) is 2. The Labute approximate surface area is 169 Å². The van der Waals surface area contributed by atoms with Gasteiger partial charge in [0.05, 0.1) is 25.8 Å². The van der Waals surface area contributed by atoms with Crippen molar-refractivity contribution in [2.75, 3.05) is 19.5 Å². The summed E-state index contributed by atoms with van der Waals surface area (Å²) in [6.07, 6.45) is 0.190. The fraction of sp³-hybridized carbons (Fsp3) is 0.450. The van der Waals surface area contributed by atoms with Gasteiger partial charge in [0, 0.05) is 23.7 Å². The number of aromatic nitrogens is 2. The number of aryl methyl sites for hydroxylation is 1. The third-order valence-electron chi connectivity index (χ3n) is 5.04. The lowest BCUT2D eigenvalue weighted by atomic mass is 9.95. The molecule has 29 heavy (non-hydrogen) atoms. The Balaban J connectivity index is 1.85. The molecule has 3 rings (SSSR count). The zero-order valence-electron chi connectivity index (χ0n) is 17.3. The molecular formula is C20H27N5O4. The molecule has 0 spiro atoms. The molecule has 9 nitrogen and oxygen atoms in total. The number of carbonyl (C=O) groups is 2. The highest BCUT2D eigenvalue weighted by atomic mass is 16.5. The molecule has 1 fully saturated rings. The first-order valence-corrected chi connectivity index (χ1v) is 9.53. The predicted octanol–water partition coefficient (Wildman–Crippen LogP) is 2.05. The molecule has 0 radical (unpaired) electrons. The summed E-state index contributed by atoms with van der Waals surface area (Å²) in [6.45, 7) is 5.77. The summed E-state index contributed by atoms with van der Waals surface area (Å²) in [5, 5.41) is 13.6. The average molecular weight is 401 g/mol. The molecule has 2 aromatic rings. The zero-order valence-corrected chi connectivity index (χ0v) is 17.3. The van der Waals surface area contributed by atoms with E-state index in [1.807, 2.05) is 20.8 Å². The third kappa shape index (κ3) is 4.34. The van der Waals surface area contributed by atoms with Crippen molar-refractivity contribution in [1.29, 1.82) is 0 Å². The maximum Gasteiger partial charge on any atom is 0.257 e. The minimum absolute atomic E-state index is 0.0190. The summed E-state index contributed by atoms with van der Waals surface area (Å²) in [4.78, 5) is 25.3. The van der Waals surface area contributed by atoms with E-state index in [1.54, 1.807) is 28.9 Å². The van der Waals surface area contributed by atoms with E-state index in [0.717, 1.165) is 6.42 Å². The van der Waals surface area contributed by atoms with Crippen molar-refractivity contribution < 1.29 is 19.1 Å². The zero-order chi connectivity index (χ0) is 21.1. The van der Waals surface area contributed by atoms with Gasteiger partial charge in [0.15, 0.2) is 6.29 Å². The molecule has 3 N–H and O–H groups in total. The van der Waals surface area contributed by atoms with Crippen LogP contribution in [0.1, 0.15) is 42.6 Å². The first-order valence-electron chi connectivity index (χ1n) is 9.53. The van der Waals surface area contributed by atoms with Gasteiger partial charge in [-0.05, 0) is 32.4 Å². The number of nitrogens with one attached hydrogen (secondary N) is 3. The SMILES string of the molecule is CCC1C(=O)NC(n2nc(C)cc2NC(=O)c2cc(OC)cc(OC)c2)NC1C. The molecule has 1 saturated heterocycles. The molecule has 0 aliphatic carbocycles. The number of hydrogen-bond donors (Lipinski definition) is 3. The summed E-state index contributed by atoms with van der Waals surface area (Å²) in [7, 11) is 3.05.